The molecule has 0 aliphatic carbocycles. The number of aromatic carboxylic acids is 1. The third-order valence-corrected chi connectivity index (χ3v) is 2.17. The van der Waals surface area contributed by atoms with Crippen LogP contribution >= 0.6 is 0 Å². The van der Waals surface area contributed by atoms with Crippen molar-refractivity contribution < 1.29 is 9.90 Å². The summed E-state index contributed by atoms with van der Waals surface area (Å²) in [6.07, 6.45) is 3.37. The molecule has 0 fully saturated rings. The van der Waals surface area contributed by atoms with Crippen LogP contribution in [0.2, 0.25) is 0 Å². The molecule has 0 aliphatic heterocycles. The van der Waals surface area contributed by atoms with E-state index in [4.69, 9.17) is 5.11 Å². The summed E-state index contributed by atoms with van der Waals surface area (Å²) in [5.74, 6) is -1.02. The van der Waals surface area contributed by atoms with Crippen LogP contribution in [0.15, 0.2) is 36.7 Å². The van der Waals surface area contributed by atoms with E-state index in [0.717, 1.165) is 11.1 Å². The van der Waals surface area contributed by atoms with E-state index in [0.29, 0.717) is 5.69 Å². The smallest absolute Gasteiger partial charge is 0.354 e. The highest BCUT2D eigenvalue weighted by molar-refractivity contribution is 5.87. The van der Waals surface area contributed by atoms with Crippen LogP contribution in [-0.2, 0) is 0 Å². The van der Waals surface area contributed by atoms with Crippen LogP contribution in [0, 0.1) is 6.92 Å². The second-order valence-electron chi connectivity index (χ2n) is 3.43. The summed E-state index contributed by atoms with van der Waals surface area (Å²) in [7, 11) is 0. The topological polar surface area (TPSA) is 63.1 Å². The van der Waals surface area contributed by atoms with E-state index in [1.807, 2.05) is 18.2 Å². The number of aryl methyl sites for hydroxylation is 1. The highest BCUT2D eigenvalue weighted by Crippen LogP contribution is 2.19. The van der Waals surface area contributed by atoms with Gasteiger partial charge < -0.3 is 5.11 Å². The highest BCUT2D eigenvalue weighted by atomic mass is 16.4. The number of aromatic nitrogens is 2. The van der Waals surface area contributed by atoms with Crippen LogP contribution in [0.4, 0.5) is 0 Å². The molecule has 0 unspecified atom stereocenters. The molecule has 2 heterocycles. The molecule has 0 spiro atoms. The Morgan fingerprint density at radius 1 is 1.31 bits per heavy atom. The number of pyridine rings is 2. The summed E-state index contributed by atoms with van der Waals surface area (Å²) in [5, 5.41) is 8.90. The van der Waals surface area contributed by atoms with Gasteiger partial charge in [0.2, 0.25) is 0 Å². The van der Waals surface area contributed by atoms with E-state index in [1.165, 1.54) is 0 Å². The van der Waals surface area contributed by atoms with Crippen molar-refractivity contribution in [2.75, 3.05) is 0 Å². The maximum Gasteiger partial charge on any atom is 0.354 e. The molecule has 80 valence electrons. The van der Waals surface area contributed by atoms with Crippen molar-refractivity contribution in [3.63, 3.8) is 0 Å². The molecule has 4 nitrogen and oxygen atoms in total. The maximum absolute atomic E-state index is 10.9. The fourth-order valence-electron chi connectivity index (χ4n) is 1.48. The zero-order valence-electron chi connectivity index (χ0n) is 8.71. The Hall–Kier alpha value is -2.23. The van der Waals surface area contributed by atoms with Crippen molar-refractivity contribution in [1.82, 2.24) is 9.97 Å². The molecule has 0 saturated heterocycles. The summed E-state index contributed by atoms with van der Waals surface area (Å²) < 4.78 is 0. The van der Waals surface area contributed by atoms with Crippen LogP contribution in [0.3, 0.4) is 0 Å². The van der Waals surface area contributed by atoms with Gasteiger partial charge in [0, 0.05) is 23.7 Å². The third-order valence-electron chi connectivity index (χ3n) is 2.17. The number of carbonyl (C=O) groups is 1. The first-order valence-corrected chi connectivity index (χ1v) is 4.79. The molecule has 2 rings (SSSR count). The van der Waals surface area contributed by atoms with Gasteiger partial charge in [-0.3, -0.25) is 4.98 Å². The van der Waals surface area contributed by atoms with Crippen LogP contribution in [-0.4, -0.2) is 21.0 Å². The number of nitrogens with zero attached hydrogens (tertiary/aromatic N) is 2. The van der Waals surface area contributed by atoms with Gasteiger partial charge in [-0.25, -0.2) is 9.78 Å². The number of carboxylic acids is 1. The van der Waals surface area contributed by atoms with Crippen LogP contribution < -0.4 is 0 Å². The van der Waals surface area contributed by atoms with Gasteiger partial charge in [0.05, 0.1) is 0 Å². The maximum atomic E-state index is 10.9. The third kappa shape index (κ3) is 2.06. The summed E-state index contributed by atoms with van der Waals surface area (Å²) >= 11 is 0. The quantitative estimate of drug-likeness (QED) is 0.831. The Morgan fingerprint density at radius 2 is 2.12 bits per heavy atom. The Morgan fingerprint density at radius 3 is 2.75 bits per heavy atom. The summed E-state index contributed by atoms with van der Waals surface area (Å²) in [6, 6.07) is 7.08. The van der Waals surface area contributed by atoms with Crippen molar-refractivity contribution in [1.29, 1.82) is 0 Å². The minimum atomic E-state index is -1.02. The monoisotopic (exact) mass is 214 g/mol. The molecular formula is C12H10N2O2. The normalized spacial score (nSPS) is 10.1. The molecule has 0 amide bonds. The molecule has 0 saturated carbocycles. The lowest BCUT2D eigenvalue weighted by Crippen LogP contribution is -2.01. The average molecular weight is 214 g/mol. The molecule has 16 heavy (non-hydrogen) atoms. The molecule has 0 radical (unpaired) electrons. The van der Waals surface area contributed by atoms with Gasteiger partial charge in [-0.15, -0.1) is 0 Å². The van der Waals surface area contributed by atoms with Gasteiger partial charge >= 0.3 is 5.97 Å². The van der Waals surface area contributed by atoms with E-state index < -0.39 is 5.97 Å². The predicted molar refractivity (Wildman–Crippen MR) is 59.2 cm³/mol. The average Bonchev–Trinajstić information content (AvgIpc) is 2.29. The Kier molecular flexibility index (Phi) is 2.64. The highest BCUT2D eigenvalue weighted by Gasteiger charge is 2.08. The fourth-order valence-corrected chi connectivity index (χ4v) is 1.48. The molecule has 2 aromatic heterocycles. The van der Waals surface area contributed by atoms with Gasteiger partial charge in [-0.2, -0.15) is 0 Å². The molecule has 0 atom stereocenters. The Bertz CT molecular complexity index is 524. The minimum Gasteiger partial charge on any atom is -0.477 e. The second kappa shape index (κ2) is 4.10. The molecule has 0 bridgehead atoms. The number of hydrogen-bond acceptors (Lipinski definition) is 3. The summed E-state index contributed by atoms with van der Waals surface area (Å²) in [4.78, 5) is 18.8. The van der Waals surface area contributed by atoms with Gasteiger partial charge in [-0.05, 0) is 30.7 Å². The summed E-state index contributed by atoms with van der Waals surface area (Å²) in [6.45, 7) is 1.77. The molecule has 0 aromatic carbocycles. The molecule has 4 heteroatoms. The number of carboxylic acid groups (broad SMARTS) is 1. The first-order chi connectivity index (χ1) is 7.66. The van der Waals surface area contributed by atoms with Crippen molar-refractivity contribution in [3.05, 3.63) is 48.0 Å². The molecular weight excluding hydrogens is 204 g/mol. The van der Waals surface area contributed by atoms with Gasteiger partial charge in [0.25, 0.3) is 0 Å². The van der Waals surface area contributed by atoms with E-state index in [2.05, 4.69) is 9.97 Å². The minimum absolute atomic E-state index is 0.0545. The van der Waals surface area contributed by atoms with Crippen molar-refractivity contribution in [2.24, 2.45) is 0 Å². The lowest BCUT2D eigenvalue weighted by Gasteiger charge is -2.03. The van der Waals surface area contributed by atoms with Crippen LogP contribution in [0.5, 0.6) is 0 Å². The first kappa shape index (κ1) is 10.3. The standard InChI is InChI=1S/C12H10N2O2/c1-8-5-10(6-11(14-8)12(15)16)9-3-2-4-13-7-9/h2-7H,1H3,(H,15,16). The lowest BCUT2D eigenvalue weighted by molar-refractivity contribution is 0.0690. The van der Waals surface area contributed by atoms with Crippen LogP contribution in [0.25, 0.3) is 11.1 Å². The van der Waals surface area contributed by atoms with Crippen molar-refractivity contribution >= 4 is 5.97 Å². The summed E-state index contributed by atoms with van der Waals surface area (Å²) in [5.41, 5.74) is 2.44. The lowest BCUT2D eigenvalue weighted by atomic mass is 10.1. The molecule has 2 aromatic rings. The van der Waals surface area contributed by atoms with Gasteiger partial charge in [0.15, 0.2) is 0 Å². The Labute approximate surface area is 92.6 Å². The number of hydrogen-bond donors (Lipinski definition) is 1. The van der Waals surface area contributed by atoms with Crippen molar-refractivity contribution in [3.8, 4) is 11.1 Å². The van der Waals surface area contributed by atoms with E-state index >= 15 is 0 Å². The van der Waals surface area contributed by atoms with Gasteiger partial charge in [-0.1, -0.05) is 6.07 Å². The van der Waals surface area contributed by atoms with E-state index in [-0.39, 0.29) is 5.69 Å². The SMILES string of the molecule is Cc1cc(-c2cccnc2)cc(C(=O)O)n1. The zero-order chi connectivity index (χ0) is 11.5. The van der Waals surface area contributed by atoms with Crippen LogP contribution in [0.1, 0.15) is 16.2 Å². The zero-order valence-corrected chi connectivity index (χ0v) is 8.71. The fraction of sp³-hybridized carbons (Fsp3) is 0.0833. The van der Waals surface area contributed by atoms with E-state index in [1.54, 1.807) is 25.4 Å². The second-order valence-corrected chi connectivity index (χ2v) is 3.43. The van der Waals surface area contributed by atoms with Gasteiger partial charge in [0.1, 0.15) is 5.69 Å². The largest absolute Gasteiger partial charge is 0.477 e. The Balaban J connectivity index is 2.54. The molecule has 1 N–H and O–H groups in total. The van der Waals surface area contributed by atoms with Crippen molar-refractivity contribution in [2.45, 2.75) is 6.92 Å². The van der Waals surface area contributed by atoms with E-state index in [9.17, 15) is 4.79 Å². The first-order valence-electron chi connectivity index (χ1n) is 4.79. The number of rotatable bonds is 2. The molecule has 0 aliphatic rings. The predicted octanol–water partition coefficient (Wildman–Crippen LogP) is 2.15.